The van der Waals surface area contributed by atoms with Crippen LogP contribution in [0.2, 0.25) is 0 Å². The van der Waals surface area contributed by atoms with Crippen LogP contribution in [-0.2, 0) is 13.0 Å². The van der Waals surface area contributed by atoms with Gasteiger partial charge in [-0.1, -0.05) is 17.3 Å². The van der Waals surface area contributed by atoms with Crippen molar-refractivity contribution in [1.29, 1.82) is 0 Å². The van der Waals surface area contributed by atoms with E-state index in [1.807, 2.05) is 24.3 Å². The topological polar surface area (TPSA) is 68.4 Å². The number of aliphatic hydroxyl groups is 1. The van der Waals surface area contributed by atoms with E-state index in [0.717, 1.165) is 11.3 Å². The Morgan fingerprint density at radius 1 is 1.25 bits per heavy atom. The summed E-state index contributed by atoms with van der Waals surface area (Å²) in [5, 5.41) is 12.4. The van der Waals surface area contributed by atoms with Gasteiger partial charge in [-0.25, -0.2) is 0 Å². The number of ether oxygens (including phenoxy) is 1. The summed E-state index contributed by atoms with van der Waals surface area (Å²) in [7, 11) is 0. The smallest absolute Gasteiger partial charge is 0.213 e. The zero-order valence-electron chi connectivity index (χ0n) is 8.67. The lowest BCUT2D eigenvalue weighted by Crippen LogP contribution is -1.97. The SMILES string of the molecule is OCCc1ccc(OCc2ncon2)cc1. The van der Waals surface area contributed by atoms with E-state index in [4.69, 9.17) is 9.84 Å². The van der Waals surface area contributed by atoms with Crippen LogP contribution in [0.4, 0.5) is 0 Å². The van der Waals surface area contributed by atoms with E-state index in [1.165, 1.54) is 6.39 Å². The molecule has 0 unspecified atom stereocenters. The summed E-state index contributed by atoms with van der Waals surface area (Å²) >= 11 is 0. The Bertz CT molecular complexity index is 411. The van der Waals surface area contributed by atoms with Crippen LogP contribution in [0.1, 0.15) is 11.4 Å². The molecule has 0 saturated heterocycles. The molecular weight excluding hydrogens is 208 g/mol. The van der Waals surface area contributed by atoms with E-state index >= 15 is 0 Å². The monoisotopic (exact) mass is 220 g/mol. The molecule has 0 atom stereocenters. The molecule has 0 fully saturated rings. The molecule has 0 aliphatic heterocycles. The van der Waals surface area contributed by atoms with Crippen molar-refractivity contribution in [2.45, 2.75) is 13.0 Å². The lowest BCUT2D eigenvalue weighted by molar-refractivity contribution is 0.286. The summed E-state index contributed by atoms with van der Waals surface area (Å²) in [6.45, 7) is 0.443. The maximum atomic E-state index is 8.76. The predicted molar refractivity (Wildman–Crippen MR) is 55.9 cm³/mol. The molecule has 0 saturated carbocycles. The van der Waals surface area contributed by atoms with Crippen LogP contribution < -0.4 is 4.74 Å². The summed E-state index contributed by atoms with van der Waals surface area (Å²) < 4.78 is 10.0. The fourth-order valence-corrected chi connectivity index (χ4v) is 1.29. The van der Waals surface area contributed by atoms with Gasteiger partial charge in [-0.05, 0) is 24.1 Å². The Kier molecular flexibility index (Phi) is 3.50. The van der Waals surface area contributed by atoms with E-state index in [0.29, 0.717) is 12.2 Å². The summed E-state index contributed by atoms with van der Waals surface area (Å²) in [6.07, 6.45) is 1.92. The van der Waals surface area contributed by atoms with Crippen molar-refractivity contribution in [2.75, 3.05) is 6.61 Å². The van der Waals surface area contributed by atoms with Gasteiger partial charge >= 0.3 is 0 Å². The van der Waals surface area contributed by atoms with Gasteiger partial charge in [0.25, 0.3) is 0 Å². The quantitative estimate of drug-likeness (QED) is 0.819. The van der Waals surface area contributed by atoms with Gasteiger partial charge < -0.3 is 14.4 Å². The first-order valence-corrected chi connectivity index (χ1v) is 4.96. The summed E-state index contributed by atoms with van der Waals surface area (Å²) in [6, 6.07) is 7.54. The number of benzene rings is 1. The van der Waals surface area contributed by atoms with Gasteiger partial charge in [-0.3, -0.25) is 0 Å². The fraction of sp³-hybridized carbons (Fsp3) is 0.273. The molecule has 0 spiro atoms. The first-order valence-electron chi connectivity index (χ1n) is 4.96. The van der Waals surface area contributed by atoms with Crippen LogP contribution >= 0.6 is 0 Å². The van der Waals surface area contributed by atoms with E-state index in [-0.39, 0.29) is 13.2 Å². The molecular formula is C11H12N2O3. The van der Waals surface area contributed by atoms with Crippen molar-refractivity contribution in [1.82, 2.24) is 10.1 Å². The van der Waals surface area contributed by atoms with Gasteiger partial charge in [0.2, 0.25) is 12.2 Å². The molecule has 84 valence electrons. The standard InChI is InChI=1S/C11H12N2O3/c14-6-5-9-1-3-10(4-2-9)15-7-11-12-8-16-13-11/h1-4,8,14H,5-7H2. The third-order valence-corrected chi connectivity index (χ3v) is 2.10. The van der Waals surface area contributed by atoms with Gasteiger partial charge in [-0.2, -0.15) is 4.98 Å². The minimum atomic E-state index is 0.156. The second-order valence-electron chi connectivity index (χ2n) is 3.25. The molecule has 0 bridgehead atoms. The molecule has 0 radical (unpaired) electrons. The highest BCUT2D eigenvalue weighted by molar-refractivity contribution is 5.27. The number of rotatable bonds is 5. The molecule has 1 N–H and O–H groups in total. The highest BCUT2D eigenvalue weighted by Crippen LogP contribution is 2.13. The molecule has 5 heteroatoms. The van der Waals surface area contributed by atoms with Crippen molar-refractivity contribution in [2.24, 2.45) is 0 Å². The molecule has 0 amide bonds. The summed E-state index contributed by atoms with van der Waals surface area (Å²) in [5.41, 5.74) is 1.08. The molecule has 1 aromatic carbocycles. The van der Waals surface area contributed by atoms with Crippen LogP contribution in [0, 0.1) is 0 Å². The van der Waals surface area contributed by atoms with Gasteiger partial charge in [0.1, 0.15) is 5.75 Å². The average Bonchev–Trinajstić information content (AvgIpc) is 2.82. The van der Waals surface area contributed by atoms with Crippen molar-refractivity contribution in [3.8, 4) is 5.75 Å². The Balaban J connectivity index is 1.90. The van der Waals surface area contributed by atoms with E-state index in [1.54, 1.807) is 0 Å². The lowest BCUT2D eigenvalue weighted by atomic mass is 10.1. The zero-order chi connectivity index (χ0) is 11.2. The third kappa shape index (κ3) is 2.80. The number of aromatic nitrogens is 2. The van der Waals surface area contributed by atoms with Crippen molar-refractivity contribution >= 4 is 0 Å². The summed E-state index contributed by atoms with van der Waals surface area (Å²) in [4.78, 5) is 3.84. The molecule has 2 rings (SSSR count). The van der Waals surface area contributed by atoms with Crippen molar-refractivity contribution in [3.63, 3.8) is 0 Å². The maximum Gasteiger partial charge on any atom is 0.213 e. The van der Waals surface area contributed by atoms with Gasteiger partial charge in [-0.15, -0.1) is 0 Å². The maximum absolute atomic E-state index is 8.76. The highest BCUT2D eigenvalue weighted by atomic mass is 16.5. The Morgan fingerprint density at radius 3 is 2.69 bits per heavy atom. The summed E-state index contributed by atoms with van der Waals surface area (Å²) in [5.74, 6) is 1.26. The van der Waals surface area contributed by atoms with E-state index in [2.05, 4.69) is 14.7 Å². The molecule has 1 aromatic heterocycles. The molecule has 5 nitrogen and oxygen atoms in total. The number of hydrogen-bond donors (Lipinski definition) is 1. The zero-order valence-corrected chi connectivity index (χ0v) is 8.67. The first kappa shape index (κ1) is 10.6. The largest absolute Gasteiger partial charge is 0.485 e. The third-order valence-electron chi connectivity index (χ3n) is 2.10. The van der Waals surface area contributed by atoms with E-state index in [9.17, 15) is 0 Å². The Hall–Kier alpha value is -1.88. The van der Waals surface area contributed by atoms with Crippen LogP contribution in [0.25, 0.3) is 0 Å². The van der Waals surface area contributed by atoms with Crippen molar-refractivity contribution in [3.05, 3.63) is 42.0 Å². The van der Waals surface area contributed by atoms with Crippen LogP contribution in [0.3, 0.4) is 0 Å². The van der Waals surface area contributed by atoms with Crippen molar-refractivity contribution < 1.29 is 14.4 Å². The number of aliphatic hydroxyl groups excluding tert-OH is 1. The van der Waals surface area contributed by atoms with Crippen LogP contribution in [0.5, 0.6) is 5.75 Å². The lowest BCUT2D eigenvalue weighted by Gasteiger charge is -2.04. The highest BCUT2D eigenvalue weighted by Gasteiger charge is 2.00. The first-order chi connectivity index (χ1) is 7.88. The molecule has 2 aromatic rings. The van der Waals surface area contributed by atoms with Gasteiger partial charge in [0.15, 0.2) is 6.61 Å². The minimum absolute atomic E-state index is 0.156. The average molecular weight is 220 g/mol. The van der Waals surface area contributed by atoms with Gasteiger partial charge in [0, 0.05) is 6.61 Å². The van der Waals surface area contributed by atoms with E-state index < -0.39 is 0 Å². The number of hydrogen-bond acceptors (Lipinski definition) is 5. The second-order valence-corrected chi connectivity index (χ2v) is 3.25. The van der Waals surface area contributed by atoms with Crippen LogP contribution in [-0.4, -0.2) is 21.9 Å². The fourth-order valence-electron chi connectivity index (χ4n) is 1.29. The predicted octanol–water partition coefficient (Wildman–Crippen LogP) is 1.18. The van der Waals surface area contributed by atoms with Gasteiger partial charge in [0.05, 0.1) is 0 Å². The second kappa shape index (κ2) is 5.27. The normalized spacial score (nSPS) is 10.3. The molecule has 1 heterocycles. The molecule has 0 aliphatic carbocycles. The minimum Gasteiger partial charge on any atom is -0.485 e. The Labute approximate surface area is 92.7 Å². The number of nitrogens with zero attached hydrogens (tertiary/aromatic N) is 2. The van der Waals surface area contributed by atoms with Crippen LogP contribution in [0.15, 0.2) is 35.2 Å². The molecule has 0 aliphatic rings. The Morgan fingerprint density at radius 2 is 2.06 bits per heavy atom. The molecule has 16 heavy (non-hydrogen) atoms.